The summed E-state index contributed by atoms with van der Waals surface area (Å²) in [5, 5.41) is 0. The minimum Gasteiger partial charge on any atom is -0.487 e. The number of ether oxygens (including phenoxy) is 1. The fourth-order valence-electron chi connectivity index (χ4n) is 2.80. The van der Waals surface area contributed by atoms with Gasteiger partial charge in [0.05, 0.1) is 5.56 Å². The van der Waals surface area contributed by atoms with Crippen LogP contribution in [-0.4, -0.2) is 11.5 Å². The normalized spacial score (nSPS) is 11.5. The highest BCUT2D eigenvalue weighted by molar-refractivity contribution is 5.85. The summed E-state index contributed by atoms with van der Waals surface area (Å²) in [7, 11) is 0. The van der Waals surface area contributed by atoms with E-state index < -0.39 is 11.7 Å². The van der Waals surface area contributed by atoms with E-state index in [1.165, 1.54) is 24.0 Å². The van der Waals surface area contributed by atoms with Gasteiger partial charge in [0.25, 0.3) is 0 Å². The Hall–Kier alpha value is -2.77. The molecule has 0 atom stereocenters. The lowest BCUT2D eigenvalue weighted by atomic mass is 10.1. The fraction of sp³-hybridized carbons (Fsp3) is 0.261. The maximum atomic E-state index is 12.6. The fourth-order valence-corrected chi connectivity index (χ4v) is 2.80. The van der Waals surface area contributed by atoms with Crippen LogP contribution in [0.5, 0.6) is 5.75 Å². The van der Waals surface area contributed by atoms with Crippen LogP contribution >= 0.6 is 12.4 Å². The minimum atomic E-state index is -4.34. The second kappa shape index (κ2) is 11.6. The molecule has 0 radical (unpaired) electrons. The van der Waals surface area contributed by atoms with Crippen LogP contribution in [0.15, 0.2) is 59.2 Å². The van der Waals surface area contributed by atoms with E-state index in [1.54, 1.807) is 12.2 Å². The second-order valence-corrected chi connectivity index (χ2v) is 6.81. The molecule has 0 unspecified atom stereocenters. The van der Waals surface area contributed by atoms with Crippen LogP contribution < -0.4 is 10.5 Å². The molecule has 0 bridgehead atoms. The Labute approximate surface area is 185 Å². The highest BCUT2D eigenvalue weighted by atomic mass is 35.5. The van der Waals surface area contributed by atoms with E-state index in [9.17, 15) is 13.2 Å². The third-order valence-electron chi connectivity index (χ3n) is 4.46. The SMILES string of the molecule is Cl.NCCCCc1ccc(OCc2coc(/C=C/c3ccc(C(F)(F)F)cc3)n2)cc1. The average Bonchev–Trinajstić information content (AvgIpc) is 3.19. The minimum absolute atomic E-state index is 0. The van der Waals surface area contributed by atoms with Crippen LogP contribution in [0, 0.1) is 0 Å². The zero-order valence-electron chi connectivity index (χ0n) is 16.8. The largest absolute Gasteiger partial charge is 0.487 e. The molecular formula is C23H24ClF3N2O2. The van der Waals surface area contributed by atoms with Gasteiger partial charge in [-0.1, -0.05) is 24.3 Å². The molecular weight excluding hydrogens is 429 g/mol. The number of halogens is 4. The van der Waals surface area contributed by atoms with E-state index in [4.69, 9.17) is 14.9 Å². The molecule has 0 fully saturated rings. The molecule has 166 valence electrons. The quantitative estimate of drug-likeness (QED) is 0.396. The van der Waals surface area contributed by atoms with Crippen molar-refractivity contribution in [2.75, 3.05) is 6.54 Å². The number of benzene rings is 2. The summed E-state index contributed by atoms with van der Waals surface area (Å²) in [5.74, 6) is 1.09. The van der Waals surface area contributed by atoms with Crippen LogP contribution in [-0.2, 0) is 19.2 Å². The third kappa shape index (κ3) is 7.77. The maximum absolute atomic E-state index is 12.6. The Balaban J connectivity index is 0.00000341. The van der Waals surface area contributed by atoms with Crippen LogP contribution in [0.3, 0.4) is 0 Å². The van der Waals surface area contributed by atoms with Gasteiger partial charge in [-0.3, -0.25) is 0 Å². The number of nitrogens with zero attached hydrogens (tertiary/aromatic N) is 1. The van der Waals surface area contributed by atoms with E-state index in [0.29, 0.717) is 23.7 Å². The predicted molar refractivity (Wildman–Crippen MR) is 117 cm³/mol. The standard InChI is InChI=1S/C23H23F3N2O2.ClH/c24-23(25,26)19-9-4-18(5-10-19)8-13-22-28-20(16-30-22)15-29-21-11-6-17(7-12-21)3-1-2-14-27;/h4-13,16H,1-3,14-15,27H2;1H/b13-8+;. The molecule has 0 saturated carbocycles. The number of nitrogens with two attached hydrogens (primary N) is 1. The Morgan fingerprint density at radius 1 is 0.968 bits per heavy atom. The molecule has 0 aliphatic rings. The van der Waals surface area contributed by atoms with Gasteiger partial charge in [0.15, 0.2) is 0 Å². The molecule has 0 amide bonds. The zero-order chi connectivity index (χ0) is 21.4. The van der Waals surface area contributed by atoms with Gasteiger partial charge in [-0.05, 0) is 67.3 Å². The van der Waals surface area contributed by atoms with Crippen molar-refractivity contribution in [1.29, 1.82) is 0 Å². The molecule has 0 spiro atoms. The van der Waals surface area contributed by atoms with Gasteiger partial charge in [0, 0.05) is 6.08 Å². The van der Waals surface area contributed by atoms with Gasteiger partial charge < -0.3 is 14.9 Å². The van der Waals surface area contributed by atoms with Crippen molar-refractivity contribution in [3.05, 3.63) is 83.1 Å². The van der Waals surface area contributed by atoms with Crippen LogP contribution in [0.25, 0.3) is 12.2 Å². The van der Waals surface area contributed by atoms with Crippen molar-refractivity contribution in [3.8, 4) is 5.75 Å². The van der Waals surface area contributed by atoms with Gasteiger partial charge in [-0.15, -0.1) is 12.4 Å². The molecule has 31 heavy (non-hydrogen) atoms. The first-order valence-electron chi connectivity index (χ1n) is 9.65. The van der Waals surface area contributed by atoms with Crippen molar-refractivity contribution in [2.45, 2.75) is 32.0 Å². The predicted octanol–water partition coefficient (Wildman–Crippen LogP) is 6.15. The average molecular weight is 453 g/mol. The Bertz CT molecular complexity index is 952. The van der Waals surface area contributed by atoms with Crippen LogP contribution in [0.2, 0.25) is 0 Å². The summed E-state index contributed by atoms with van der Waals surface area (Å²) in [4.78, 5) is 4.29. The Morgan fingerprint density at radius 3 is 2.32 bits per heavy atom. The summed E-state index contributed by atoms with van der Waals surface area (Å²) < 4.78 is 48.9. The number of rotatable bonds is 9. The maximum Gasteiger partial charge on any atom is 0.416 e. The van der Waals surface area contributed by atoms with Gasteiger partial charge in [-0.25, -0.2) is 4.98 Å². The molecule has 0 aliphatic heterocycles. The Kier molecular flexibility index (Phi) is 9.15. The van der Waals surface area contributed by atoms with Crippen LogP contribution in [0.1, 0.15) is 41.1 Å². The van der Waals surface area contributed by atoms with Gasteiger partial charge in [0.2, 0.25) is 5.89 Å². The topological polar surface area (TPSA) is 61.3 Å². The lowest BCUT2D eigenvalue weighted by Crippen LogP contribution is -2.03. The van der Waals surface area contributed by atoms with Crippen LogP contribution in [0.4, 0.5) is 13.2 Å². The van der Waals surface area contributed by atoms with Crippen molar-refractivity contribution in [3.63, 3.8) is 0 Å². The van der Waals surface area contributed by atoms with Gasteiger partial charge in [-0.2, -0.15) is 13.2 Å². The first-order valence-corrected chi connectivity index (χ1v) is 9.65. The van der Waals surface area contributed by atoms with Gasteiger partial charge >= 0.3 is 6.18 Å². The van der Waals surface area contributed by atoms with Crippen molar-refractivity contribution in [1.82, 2.24) is 4.98 Å². The molecule has 1 heterocycles. The van der Waals surface area contributed by atoms with E-state index >= 15 is 0 Å². The summed E-state index contributed by atoms with van der Waals surface area (Å²) in [6.45, 7) is 0.963. The molecule has 0 saturated heterocycles. The molecule has 3 aromatic rings. The number of aromatic nitrogens is 1. The molecule has 8 heteroatoms. The summed E-state index contributed by atoms with van der Waals surface area (Å²) in [6, 6.07) is 12.8. The highest BCUT2D eigenvalue weighted by Crippen LogP contribution is 2.29. The van der Waals surface area contributed by atoms with E-state index in [-0.39, 0.29) is 19.0 Å². The van der Waals surface area contributed by atoms with Crippen molar-refractivity contribution < 1.29 is 22.3 Å². The van der Waals surface area contributed by atoms with E-state index in [0.717, 1.165) is 37.1 Å². The lowest BCUT2D eigenvalue weighted by Gasteiger charge is -2.05. The molecule has 3 rings (SSSR count). The summed E-state index contributed by atoms with van der Waals surface area (Å²) >= 11 is 0. The van der Waals surface area contributed by atoms with E-state index in [1.807, 2.05) is 24.3 Å². The van der Waals surface area contributed by atoms with E-state index in [2.05, 4.69) is 4.98 Å². The number of oxazole rings is 1. The number of aryl methyl sites for hydroxylation is 1. The van der Waals surface area contributed by atoms with Gasteiger partial charge in [0.1, 0.15) is 24.3 Å². The molecule has 2 aromatic carbocycles. The van der Waals surface area contributed by atoms with Crippen molar-refractivity contribution in [2.24, 2.45) is 5.73 Å². The molecule has 0 aliphatic carbocycles. The van der Waals surface area contributed by atoms with Crippen molar-refractivity contribution >= 4 is 24.6 Å². The monoisotopic (exact) mass is 452 g/mol. The number of unbranched alkanes of at least 4 members (excludes halogenated alkanes) is 1. The summed E-state index contributed by atoms with van der Waals surface area (Å²) in [5.41, 5.74) is 7.30. The third-order valence-corrected chi connectivity index (χ3v) is 4.46. The first-order chi connectivity index (χ1) is 14.4. The molecule has 2 N–H and O–H groups in total. The number of hydrogen-bond acceptors (Lipinski definition) is 4. The number of alkyl halides is 3. The zero-order valence-corrected chi connectivity index (χ0v) is 17.6. The smallest absolute Gasteiger partial charge is 0.416 e. The Morgan fingerprint density at radius 2 is 1.68 bits per heavy atom. The molecule has 4 nitrogen and oxygen atoms in total. The number of hydrogen-bond donors (Lipinski definition) is 1. The molecule has 1 aromatic heterocycles. The highest BCUT2D eigenvalue weighted by Gasteiger charge is 2.29. The second-order valence-electron chi connectivity index (χ2n) is 6.81. The summed E-state index contributed by atoms with van der Waals surface area (Å²) in [6.07, 6.45) is 3.47. The first kappa shape index (κ1) is 24.5. The lowest BCUT2D eigenvalue weighted by molar-refractivity contribution is -0.137.